The molecule has 1 fully saturated rings. The number of rotatable bonds is 4. The molecule has 0 radical (unpaired) electrons. The summed E-state index contributed by atoms with van der Waals surface area (Å²) in [6.45, 7) is 8.49. The summed E-state index contributed by atoms with van der Waals surface area (Å²) in [5, 5.41) is 0. The number of hydrogen-bond donors (Lipinski definition) is 0. The summed E-state index contributed by atoms with van der Waals surface area (Å²) < 4.78 is 22.5. The molecular formula is C14H21BO4. The van der Waals surface area contributed by atoms with Gasteiger partial charge in [0, 0.05) is 0 Å². The molecule has 0 N–H and O–H groups in total. The zero-order valence-corrected chi connectivity index (χ0v) is 12.2. The van der Waals surface area contributed by atoms with E-state index in [-0.39, 0.29) is 18.3 Å². The highest BCUT2D eigenvalue weighted by molar-refractivity contribution is 6.45. The first-order chi connectivity index (χ1) is 8.84. The minimum Gasteiger partial charge on any atom is -0.497 e. The van der Waals surface area contributed by atoms with Crippen LogP contribution in [0.3, 0.4) is 0 Å². The fourth-order valence-electron chi connectivity index (χ4n) is 1.87. The normalized spacial score (nSPS) is 20.4. The van der Waals surface area contributed by atoms with Crippen LogP contribution in [-0.4, -0.2) is 31.9 Å². The third kappa shape index (κ3) is 3.04. The van der Waals surface area contributed by atoms with Crippen molar-refractivity contribution in [3.8, 4) is 11.5 Å². The predicted molar refractivity (Wildman–Crippen MR) is 74.6 cm³/mol. The highest BCUT2D eigenvalue weighted by atomic mass is 16.7. The van der Waals surface area contributed by atoms with Crippen molar-refractivity contribution in [1.82, 2.24) is 0 Å². The molecule has 0 aliphatic carbocycles. The summed E-state index contributed by atoms with van der Waals surface area (Å²) in [5.74, 6) is 1.58. The van der Waals surface area contributed by atoms with E-state index in [9.17, 15) is 0 Å². The van der Waals surface area contributed by atoms with Gasteiger partial charge in [-0.3, -0.25) is 0 Å². The van der Waals surface area contributed by atoms with Crippen LogP contribution in [0, 0.1) is 0 Å². The summed E-state index contributed by atoms with van der Waals surface area (Å²) in [6, 6.07) is 7.45. The molecule has 1 aliphatic rings. The summed E-state index contributed by atoms with van der Waals surface area (Å²) in [7, 11) is 1.30. The smallest absolute Gasteiger partial charge is 0.497 e. The molecule has 104 valence electrons. The second-order valence-corrected chi connectivity index (χ2v) is 5.67. The zero-order valence-electron chi connectivity index (χ0n) is 12.2. The Labute approximate surface area is 115 Å². The van der Waals surface area contributed by atoms with E-state index in [4.69, 9.17) is 18.8 Å². The molecule has 1 heterocycles. The van der Waals surface area contributed by atoms with Crippen LogP contribution in [0.5, 0.6) is 11.5 Å². The molecule has 1 aromatic carbocycles. The molecule has 0 saturated carbocycles. The Morgan fingerprint density at radius 3 is 1.89 bits per heavy atom. The van der Waals surface area contributed by atoms with Crippen molar-refractivity contribution >= 4 is 7.12 Å². The third-order valence-electron chi connectivity index (χ3n) is 3.75. The van der Waals surface area contributed by atoms with Gasteiger partial charge in [-0.2, -0.15) is 0 Å². The number of benzene rings is 1. The summed E-state index contributed by atoms with van der Waals surface area (Å²) in [6.07, 6.45) is 0. The van der Waals surface area contributed by atoms with E-state index in [2.05, 4.69) is 0 Å². The van der Waals surface area contributed by atoms with Crippen molar-refractivity contribution in [3.63, 3.8) is 0 Å². The minimum absolute atomic E-state index is 0.319. The molecule has 2 rings (SSSR count). The second kappa shape index (κ2) is 5.06. The van der Waals surface area contributed by atoms with Gasteiger partial charge >= 0.3 is 7.12 Å². The quantitative estimate of drug-likeness (QED) is 0.783. The third-order valence-corrected chi connectivity index (χ3v) is 3.75. The molecule has 1 aliphatic heterocycles. The van der Waals surface area contributed by atoms with Gasteiger partial charge in [-0.05, 0) is 52.0 Å². The van der Waals surface area contributed by atoms with Crippen molar-refractivity contribution < 1.29 is 18.8 Å². The molecular weight excluding hydrogens is 243 g/mol. The lowest BCUT2D eigenvalue weighted by Crippen LogP contribution is -2.41. The molecule has 1 aromatic rings. The van der Waals surface area contributed by atoms with E-state index in [1.807, 2.05) is 52.0 Å². The van der Waals surface area contributed by atoms with Gasteiger partial charge in [0.05, 0.1) is 18.3 Å². The highest BCUT2D eigenvalue weighted by Crippen LogP contribution is 2.36. The van der Waals surface area contributed by atoms with Gasteiger partial charge in [-0.15, -0.1) is 0 Å². The van der Waals surface area contributed by atoms with Gasteiger partial charge in [-0.1, -0.05) is 0 Å². The van der Waals surface area contributed by atoms with Crippen LogP contribution in [0.25, 0.3) is 0 Å². The standard InChI is InChI=1S/C14H21BO4/c1-13(2)14(3,4)19-15(18-13)10-17-12-8-6-11(16-5)7-9-12/h6-9H,10H2,1-5H3. The first-order valence-corrected chi connectivity index (χ1v) is 6.46. The van der Waals surface area contributed by atoms with E-state index in [1.165, 1.54) is 0 Å². The topological polar surface area (TPSA) is 36.9 Å². The molecule has 0 spiro atoms. The largest absolute Gasteiger partial charge is 0.498 e. The van der Waals surface area contributed by atoms with Gasteiger partial charge in [0.15, 0.2) is 0 Å². The van der Waals surface area contributed by atoms with Crippen LogP contribution in [-0.2, 0) is 9.31 Å². The fraction of sp³-hybridized carbons (Fsp3) is 0.571. The van der Waals surface area contributed by atoms with Crippen molar-refractivity contribution in [3.05, 3.63) is 24.3 Å². The van der Waals surface area contributed by atoms with Gasteiger partial charge < -0.3 is 18.8 Å². The average molecular weight is 264 g/mol. The van der Waals surface area contributed by atoms with E-state index in [0.717, 1.165) is 11.5 Å². The van der Waals surface area contributed by atoms with Crippen LogP contribution in [0.15, 0.2) is 24.3 Å². The Morgan fingerprint density at radius 1 is 0.947 bits per heavy atom. The van der Waals surface area contributed by atoms with Crippen LogP contribution in [0.2, 0.25) is 0 Å². The molecule has 1 saturated heterocycles. The molecule has 0 atom stereocenters. The molecule has 0 bridgehead atoms. The summed E-state index contributed by atoms with van der Waals surface area (Å²) in [4.78, 5) is 0. The lowest BCUT2D eigenvalue weighted by atomic mass is 9.90. The van der Waals surface area contributed by atoms with Crippen LogP contribution >= 0.6 is 0 Å². The van der Waals surface area contributed by atoms with Gasteiger partial charge in [0.2, 0.25) is 0 Å². The maximum atomic E-state index is 5.86. The molecule has 0 unspecified atom stereocenters. The predicted octanol–water partition coefficient (Wildman–Crippen LogP) is 2.71. The molecule has 0 aromatic heterocycles. The van der Waals surface area contributed by atoms with Crippen molar-refractivity contribution in [2.45, 2.75) is 38.9 Å². The van der Waals surface area contributed by atoms with E-state index >= 15 is 0 Å². The van der Waals surface area contributed by atoms with Crippen LogP contribution in [0.1, 0.15) is 27.7 Å². The zero-order chi connectivity index (χ0) is 14.1. The van der Waals surface area contributed by atoms with Crippen molar-refractivity contribution in [2.75, 3.05) is 13.6 Å². The van der Waals surface area contributed by atoms with Gasteiger partial charge in [0.1, 0.15) is 18.0 Å². The maximum Gasteiger partial charge on any atom is 0.498 e. The SMILES string of the molecule is COc1ccc(OCB2OC(C)(C)C(C)(C)O2)cc1. The first-order valence-electron chi connectivity index (χ1n) is 6.46. The van der Waals surface area contributed by atoms with E-state index in [0.29, 0.717) is 6.51 Å². The average Bonchev–Trinajstić information content (AvgIpc) is 2.56. The highest BCUT2D eigenvalue weighted by Gasteiger charge is 2.51. The lowest BCUT2D eigenvalue weighted by molar-refractivity contribution is 0.00578. The Kier molecular flexibility index (Phi) is 3.79. The summed E-state index contributed by atoms with van der Waals surface area (Å²) in [5.41, 5.74) is -0.637. The number of hydrogen-bond acceptors (Lipinski definition) is 4. The van der Waals surface area contributed by atoms with E-state index < -0.39 is 0 Å². The Hall–Kier alpha value is -1.20. The van der Waals surface area contributed by atoms with Crippen LogP contribution in [0.4, 0.5) is 0 Å². The molecule has 0 amide bonds. The molecule has 19 heavy (non-hydrogen) atoms. The fourth-order valence-corrected chi connectivity index (χ4v) is 1.87. The minimum atomic E-state index is -0.341. The Morgan fingerprint density at radius 2 is 1.42 bits per heavy atom. The van der Waals surface area contributed by atoms with Gasteiger partial charge in [-0.25, -0.2) is 0 Å². The monoisotopic (exact) mass is 264 g/mol. The maximum absolute atomic E-state index is 5.86. The molecule has 5 heteroatoms. The lowest BCUT2D eigenvalue weighted by Gasteiger charge is -2.32. The Balaban J connectivity index is 1.90. The van der Waals surface area contributed by atoms with Gasteiger partial charge in [0.25, 0.3) is 0 Å². The molecule has 4 nitrogen and oxygen atoms in total. The second-order valence-electron chi connectivity index (χ2n) is 5.67. The summed E-state index contributed by atoms with van der Waals surface area (Å²) >= 11 is 0. The van der Waals surface area contributed by atoms with Crippen LogP contribution < -0.4 is 9.47 Å². The first kappa shape index (κ1) is 14.2. The number of methoxy groups -OCH3 is 1. The number of ether oxygens (including phenoxy) is 2. The van der Waals surface area contributed by atoms with Crippen molar-refractivity contribution in [2.24, 2.45) is 0 Å². The Bertz CT molecular complexity index is 412. The van der Waals surface area contributed by atoms with Crippen molar-refractivity contribution in [1.29, 1.82) is 0 Å². The van der Waals surface area contributed by atoms with E-state index in [1.54, 1.807) is 7.11 Å².